The highest BCUT2D eigenvalue weighted by atomic mass is 32.2. The number of hydrogen-bond acceptors (Lipinski definition) is 6. The third-order valence-corrected chi connectivity index (χ3v) is 5.46. The Kier molecular flexibility index (Phi) is 5.66. The molecule has 24 heavy (non-hydrogen) atoms. The van der Waals surface area contributed by atoms with Crippen LogP contribution in [0.5, 0.6) is 0 Å². The average molecular weight is 364 g/mol. The van der Waals surface area contributed by atoms with Crippen LogP contribution >= 0.6 is 11.3 Å². The van der Waals surface area contributed by atoms with Gasteiger partial charge in [0.05, 0.1) is 11.4 Å². The first-order valence-electron chi connectivity index (χ1n) is 7.01. The zero-order valence-electron chi connectivity index (χ0n) is 13.1. The molecular formula is C15H16N4O3S2. The third-order valence-electron chi connectivity index (χ3n) is 2.93. The molecule has 0 spiro atoms. The van der Waals surface area contributed by atoms with Gasteiger partial charge in [-0.3, -0.25) is 10.1 Å². The molecule has 1 aromatic heterocycles. The lowest BCUT2D eigenvalue weighted by molar-refractivity contribution is 0.102. The maximum Gasteiger partial charge on any atom is 0.257 e. The van der Waals surface area contributed by atoms with E-state index in [2.05, 4.69) is 26.2 Å². The quantitative estimate of drug-likeness (QED) is 0.762. The highest BCUT2D eigenvalue weighted by Crippen LogP contribution is 2.23. The van der Waals surface area contributed by atoms with E-state index in [1.807, 2.05) is 13.8 Å². The number of carbonyl (C=O) groups is 1. The Hall–Kier alpha value is -2.28. The minimum Gasteiger partial charge on any atom is -0.296 e. The predicted molar refractivity (Wildman–Crippen MR) is 92.4 cm³/mol. The summed E-state index contributed by atoms with van der Waals surface area (Å²) in [5.74, 6) is 1.94. The van der Waals surface area contributed by atoms with Gasteiger partial charge in [0.25, 0.3) is 5.91 Å². The standard InChI is InChI=1S/C15H16N4O3S2/c1-4-8-16-24(21,22)12-7-5-6-11(9-12)13(20)17-15-19-18-14(23-15)10(2)3/h1,5-7,9-10,16H,8H2,2-3H3,(H,17,19,20). The molecule has 0 saturated carbocycles. The predicted octanol–water partition coefficient (Wildman–Crippen LogP) is 1.83. The van der Waals surface area contributed by atoms with Crippen LogP contribution < -0.4 is 10.0 Å². The van der Waals surface area contributed by atoms with E-state index in [-0.39, 0.29) is 22.9 Å². The van der Waals surface area contributed by atoms with Gasteiger partial charge in [-0.05, 0) is 18.2 Å². The first kappa shape index (κ1) is 18.1. The van der Waals surface area contributed by atoms with Gasteiger partial charge in [-0.15, -0.1) is 16.6 Å². The molecule has 0 saturated heterocycles. The fourth-order valence-corrected chi connectivity index (χ4v) is 3.43. The largest absolute Gasteiger partial charge is 0.296 e. The van der Waals surface area contributed by atoms with E-state index >= 15 is 0 Å². The molecule has 7 nitrogen and oxygen atoms in total. The van der Waals surface area contributed by atoms with Crippen molar-refractivity contribution in [2.24, 2.45) is 0 Å². The van der Waals surface area contributed by atoms with E-state index < -0.39 is 15.9 Å². The van der Waals surface area contributed by atoms with E-state index in [9.17, 15) is 13.2 Å². The number of anilines is 1. The summed E-state index contributed by atoms with van der Waals surface area (Å²) >= 11 is 1.28. The van der Waals surface area contributed by atoms with Crippen molar-refractivity contribution in [3.63, 3.8) is 0 Å². The fraction of sp³-hybridized carbons (Fsp3) is 0.267. The molecule has 126 valence electrons. The molecule has 0 unspecified atom stereocenters. The van der Waals surface area contributed by atoms with Gasteiger partial charge in [-0.2, -0.15) is 4.72 Å². The number of nitrogens with zero attached hydrogens (tertiary/aromatic N) is 2. The number of carbonyl (C=O) groups excluding carboxylic acids is 1. The van der Waals surface area contributed by atoms with Crippen LogP contribution in [0.15, 0.2) is 29.2 Å². The molecule has 0 aliphatic heterocycles. The van der Waals surface area contributed by atoms with Crippen LogP contribution in [-0.2, 0) is 10.0 Å². The van der Waals surface area contributed by atoms with Gasteiger partial charge in [-0.25, -0.2) is 8.42 Å². The van der Waals surface area contributed by atoms with Crippen molar-refractivity contribution in [2.45, 2.75) is 24.7 Å². The summed E-state index contributed by atoms with van der Waals surface area (Å²) in [4.78, 5) is 12.2. The molecule has 0 radical (unpaired) electrons. The Bertz CT molecular complexity index is 882. The Morgan fingerprint density at radius 3 is 2.75 bits per heavy atom. The van der Waals surface area contributed by atoms with Crippen molar-refractivity contribution in [1.82, 2.24) is 14.9 Å². The number of terminal acetylenes is 1. The molecule has 2 aromatic rings. The molecule has 1 amide bonds. The van der Waals surface area contributed by atoms with Gasteiger partial charge in [0.2, 0.25) is 15.2 Å². The summed E-state index contributed by atoms with van der Waals surface area (Å²) in [7, 11) is -3.76. The second-order valence-corrected chi connectivity index (χ2v) is 7.89. The summed E-state index contributed by atoms with van der Waals surface area (Å²) in [6, 6.07) is 5.66. The molecular weight excluding hydrogens is 348 g/mol. The smallest absolute Gasteiger partial charge is 0.257 e. The third kappa shape index (κ3) is 4.38. The Morgan fingerprint density at radius 2 is 2.12 bits per heavy atom. The summed E-state index contributed by atoms with van der Waals surface area (Å²) in [5, 5.41) is 11.7. The van der Waals surface area contributed by atoms with Crippen molar-refractivity contribution in [3.05, 3.63) is 34.8 Å². The van der Waals surface area contributed by atoms with Crippen molar-refractivity contribution in [3.8, 4) is 12.3 Å². The van der Waals surface area contributed by atoms with Crippen LogP contribution in [0.3, 0.4) is 0 Å². The normalized spacial score (nSPS) is 11.2. The average Bonchev–Trinajstić information content (AvgIpc) is 3.02. The molecule has 9 heteroatoms. The highest BCUT2D eigenvalue weighted by molar-refractivity contribution is 7.89. The lowest BCUT2D eigenvalue weighted by atomic mass is 10.2. The van der Waals surface area contributed by atoms with Crippen LogP contribution in [-0.4, -0.2) is 31.1 Å². The van der Waals surface area contributed by atoms with Crippen LogP contribution in [0, 0.1) is 12.3 Å². The van der Waals surface area contributed by atoms with E-state index in [0.29, 0.717) is 5.13 Å². The first-order chi connectivity index (χ1) is 11.3. The van der Waals surface area contributed by atoms with Gasteiger partial charge >= 0.3 is 0 Å². The van der Waals surface area contributed by atoms with Crippen LogP contribution in [0.2, 0.25) is 0 Å². The van der Waals surface area contributed by atoms with Gasteiger partial charge in [0.1, 0.15) is 5.01 Å². The SMILES string of the molecule is C#CCNS(=O)(=O)c1cccc(C(=O)Nc2nnc(C(C)C)s2)c1. The van der Waals surface area contributed by atoms with Crippen molar-refractivity contribution in [1.29, 1.82) is 0 Å². The zero-order valence-corrected chi connectivity index (χ0v) is 14.7. The Labute approximate surface area is 144 Å². The summed E-state index contributed by atoms with van der Waals surface area (Å²) < 4.78 is 26.3. The number of aromatic nitrogens is 2. The van der Waals surface area contributed by atoms with E-state index in [1.54, 1.807) is 0 Å². The molecule has 0 aliphatic carbocycles. The maximum atomic E-state index is 12.3. The summed E-state index contributed by atoms with van der Waals surface area (Å²) in [6.07, 6.45) is 5.05. The maximum absolute atomic E-state index is 12.3. The van der Waals surface area contributed by atoms with Crippen molar-refractivity contribution >= 4 is 32.4 Å². The van der Waals surface area contributed by atoms with Crippen molar-refractivity contribution in [2.75, 3.05) is 11.9 Å². The Morgan fingerprint density at radius 1 is 1.38 bits per heavy atom. The number of sulfonamides is 1. The molecule has 0 bridgehead atoms. The number of amides is 1. The number of benzene rings is 1. The number of rotatable bonds is 6. The minimum absolute atomic E-state index is 0.0365. The molecule has 0 aliphatic rings. The van der Waals surface area contributed by atoms with Crippen LogP contribution in [0.1, 0.15) is 35.1 Å². The zero-order chi connectivity index (χ0) is 17.7. The van der Waals surface area contributed by atoms with Gasteiger partial charge in [0, 0.05) is 11.5 Å². The molecule has 0 fully saturated rings. The molecule has 0 atom stereocenters. The Balaban J connectivity index is 2.18. The summed E-state index contributed by atoms with van der Waals surface area (Å²) in [5.41, 5.74) is 0.194. The van der Waals surface area contributed by atoms with Crippen molar-refractivity contribution < 1.29 is 13.2 Å². The summed E-state index contributed by atoms with van der Waals surface area (Å²) in [6.45, 7) is 3.83. The number of nitrogens with one attached hydrogen (secondary N) is 2. The topological polar surface area (TPSA) is 101 Å². The molecule has 1 heterocycles. The molecule has 2 rings (SSSR count). The fourth-order valence-electron chi connectivity index (χ4n) is 1.71. The van der Waals surface area contributed by atoms with E-state index in [1.165, 1.54) is 35.6 Å². The monoisotopic (exact) mass is 364 g/mol. The number of hydrogen-bond donors (Lipinski definition) is 2. The lowest BCUT2D eigenvalue weighted by Gasteiger charge is -2.06. The van der Waals surface area contributed by atoms with Crippen LogP contribution in [0.25, 0.3) is 0 Å². The lowest BCUT2D eigenvalue weighted by Crippen LogP contribution is -2.24. The highest BCUT2D eigenvalue weighted by Gasteiger charge is 2.17. The van der Waals surface area contributed by atoms with Gasteiger partial charge < -0.3 is 0 Å². The van der Waals surface area contributed by atoms with E-state index in [4.69, 9.17) is 6.42 Å². The molecule has 2 N–H and O–H groups in total. The van der Waals surface area contributed by atoms with Crippen LogP contribution in [0.4, 0.5) is 5.13 Å². The second-order valence-electron chi connectivity index (χ2n) is 5.11. The molecule has 1 aromatic carbocycles. The second kappa shape index (κ2) is 7.53. The first-order valence-corrected chi connectivity index (χ1v) is 9.31. The van der Waals surface area contributed by atoms with Gasteiger partial charge in [0.15, 0.2) is 0 Å². The van der Waals surface area contributed by atoms with E-state index in [0.717, 1.165) is 5.01 Å². The van der Waals surface area contributed by atoms with Gasteiger partial charge in [-0.1, -0.05) is 37.2 Å². The minimum atomic E-state index is -3.76.